The summed E-state index contributed by atoms with van der Waals surface area (Å²) in [4.78, 5) is 1.28. The van der Waals surface area contributed by atoms with Crippen molar-refractivity contribution in [2.45, 2.75) is 4.90 Å². The van der Waals surface area contributed by atoms with Crippen LogP contribution in [0.4, 0.5) is 5.69 Å². The molecule has 0 spiro atoms. The summed E-state index contributed by atoms with van der Waals surface area (Å²) < 4.78 is 1.12. The Hall–Kier alpha value is -0.640. The second-order valence-corrected chi connectivity index (χ2v) is 6.26. The molecule has 0 aliphatic heterocycles. The molecule has 2 aromatic carbocycles. The van der Waals surface area contributed by atoms with Crippen molar-refractivity contribution in [2.75, 3.05) is 17.6 Å². The summed E-state index contributed by atoms with van der Waals surface area (Å²) >= 11 is 11.2. The fourth-order valence-electron chi connectivity index (χ4n) is 1.52. The topological polar surface area (TPSA) is 12.0 Å². The molecule has 2 aromatic rings. The van der Waals surface area contributed by atoms with Crippen molar-refractivity contribution >= 4 is 45.0 Å². The molecule has 1 N–H and O–H groups in total. The third kappa shape index (κ3) is 4.56. The summed E-state index contributed by atoms with van der Waals surface area (Å²) in [5, 5.41) is 4.12. The van der Waals surface area contributed by atoms with Gasteiger partial charge in [-0.1, -0.05) is 39.7 Å². The van der Waals surface area contributed by atoms with Crippen molar-refractivity contribution in [3.63, 3.8) is 0 Å². The molecule has 2 rings (SSSR count). The monoisotopic (exact) mass is 341 g/mol. The molecule has 0 heterocycles. The van der Waals surface area contributed by atoms with Crippen LogP contribution in [0.15, 0.2) is 57.9 Å². The van der Waals surface area contributed by atoms with E-state index in [1.165, 1.54) is 4.90 Å². The third-order valence-electron chi connectivity index (χ3n) is 2.32. The molecule has 4 heteroatoms. The Morgan fingerprint density at radius 2 is 1.94 bits per heavy atom. The van der Waals surface area contributed by atoms with Crippen LogP contribution in [0.5, 0.6) is 0 Å². The lowest BCUT2D eigenvalue weighted by molar-refractivity contribution is 1.22. The Balaban J connectivity index is 1.76. The first-order chi connectivity index (χ1) is 8.74. The van der Waals surface area contributed by atoms with Gasteiger partial charge in [-0.15, -0.1) is 11.8 Å². The number of rotatable bonds is 5. The smallest absolute Gasteiger partial charge is 0.0426 e. The van der Waals surface area contributed by atoms with Gasteiger partial charge in [-0.2, -0.15) is 0 Å². The molecular formula is C14H13BrClNS. The first-order valence-corrected chi connectivity index (χ1v) is 7.77. The highest BCUT2D eigenvalue weighted by atomic mass is 79.9. The summed E-state index contributed by atoms with van der Waals surface area (Å²) in [6.07, 6.45) is 0. The number of thioether (sulfide) groups is 1. The van der Waals surface area contributed by atoms with Crippen molar-refractivity contribution in [3.8, 4) is 0 Å². The maximum absolute atomic E-state index is 5.92. The average Bonchev–Trinajstić information content (AvgIpc) is 2.35. The minimum absolute atomic E-state index is 0.764. The summed E-state index contributed by atoms with van der Waals surface area (Å²) in [6.45, 7) is 0.914. The van der Waals surface area contributed by atoms with E-state index in [2.05, 4.69) is 39.4 Å². The molecule has 0 saturated carbocycles. The molecule has 0 aliphatic carbocycles. The van der Waals surface area contributed by atoms with E-state index < -0.39 is 0 Å². The molecule has 0 aromatic heterocycles. The second kappa shape index (κ2) is 7.07. The number of benzene rings is 2. The van der Waals surface area contributed by atoms with Gasteiger partial charge in [-0.3, -0.25) is 0 Å². The van der Waals surface area contributed by atoms with Crippen molar-refractivity contribution < 1.29 is 0 Å². The minimum atomic E-state index is 0.764. The summed E-state index contributed by atoms with van der Waals surface area (Å²) in [5.74, 6) is 1.02. The van der Waals surface area contributed by atoms with Gasteiger partial charge in [0.2, 0.25) is 0 Å². The molecule has 0 unspecified atom stereocenters. The van der Waals surface area contributed by atoms with E-state index in [-0.39, 0.29) is 0 Å². The zero-order valence-corrected chi connectivity index (χ0v) is 12.9. The molecule has 0 atom stereocenters. The number of nitrogens with one attached hydrogen (secondary N) is 1. The number of hydrogen-bond donors (Lipinski definition) is 1. The lowest BCUT2D eigenvalue weighted by Crippen LogP contribution is -2.03. The van der Waals surface area contributed by atoms with Crippen LogP contribution < -0.4 is 5.32 Å². The Bertz CT molecular complexity index is 471. The van der Waals surface area contributed by atoms with Crippen LogP contribution in [0.1, 0.15) is 0 Å². The molecule has 0 radical (unpaired) electrons. The predicted octanol–water partition coefficient (Wildman–Crippen LogP) is 5.31. The molecule has 18 heavy (non-hydrogen) atoms. The lowest BCUT2D eigenvalue weighted by atomic mass is 10.3. The lowest BCUT2D eigenvalue weighted by Gasteiger charge is -2.06. The van der Waals surface area contributed by atoms with E-state index in [1.807, 2.05) is 42.1 Å². The van der Waals surface area contributed by atoms with E-state index in [4.69, 9.17) is 11.6 Å². The Morgan fingerprint density at radius 3 is 2.72 bits per heavy atom. The fourth-order valence-corrected chi connectivity index (χ4v) is 3.09. The Morgan fingerprint density at radius 1 is 1.11 bits per heavy atom. The van der Waals surface area contributed by atoms with Crippen LogP contribution in [0.2, 0.25) is 5.02 Å². The normalized spacial score (nSPS) is 10.3. The van der Waals surface area contributed by atoms with Gasteiger partial charge in [0, 0.05) is 32.4 Å². The molecule has 0 aliphatic rings. The van der Waals surface area contributed by atoms with Gasteiger partial charge in [0.25, 0.3) is 0 Å². The van der Waals surface area contributed by atoms with Crippen LogP contribution in [0, 0.1) is 0 Å². The number of anilines is 1. The Kier molecular flexibility index (Phi) is 5.42. The van der Waals surface area contributed by atoms with E-state index in [1.54, 1.807) is 0 Å². The van der Waals surface area contributed by atoms with Crippen LogP contribution in [0.3, 0.4) is 0 Å². The van der Waals surface area contributed by atoms with Gasteiger partial charge >= 0.3 is 0 Å². The van der Waals surface area contributed by atoms with Gasteiger partial charge < -0.3 is 5.32 Å². The highest BCUT2D eigenvalue weighted by Gasteiger charge is 1.96. The van der Waals surface area contributed by atoms with Crippen LogP contribution in [-0.2, 0) is 0 Å². The van der Waals surface area contributed by atoms with Gasteiger partial charge in [0.15, 0.2) is 0 Å². The zero-order chi connectivity index (χ0) is 12.8. The highest BCUT2D eigenvalue weighted by molar-refractivity contribution is 9.10. The number of halogens is 2. The highest BCUT2D eigenvalue weighted by Crippen LogP contribution is 2.22. The molecule has 0 fully saturated rings. The van der Waals surface area contributed by atoms with E-state index in [0.29, 0.717) is 0 Å². The van der Waals surface area contributed by atoms with Gasteiger partial charge in [0.05, 0.1) is 0 Å². The third-order valence-corrected chi connectivity index (χ3v) is 4.04. The van der Waals surface area contributed by atoms with Crippen molar-refractivity contribution in [3.05, 3.63) is 58.0 Å². The standard InChI is InChI=1S/C14H13BrClNS/c15-11-3-1-6-14(9-11)18-8-7-17-13-5-2-4-12(16)10-13/h1-6,9-10,17H,7-8H2. The molecule has 0 amide bonds. The minimum Gasteiger partial charge on any atom is -0.384 e. The maximum atomic E-state index is 5.92. The zero-order valence-electron chi connectivity index (χ0n) is 9.70. The first-order valence-electron chi connectivity index (χ1n) is 5.62. The summed E-state index contributed by atoms with van der Waals surface area (Å²) in [6, 6.07) is 16.1. The van der Waals surface area contributed by atoms with Crippen molar-refractivity contribution in [1.29, 1.82) is 0 Å². The molecule has 1 nitrogen and oxygen atoms in total. The van der Waals surface area contributed by atoms with Gasteiger partial charge in [0.1, 0.15) is 0 Å². The Labute approximate surface area is 125 Å². The SMILES string of the molecule is Clc1cccc(NCCSc2cccc(Br)c2)c1. The molecule has 0 bridgehead atoms. The summed E-state index contributed by atoms with van der Waals surface area (Å²) in [5.41, 5.74) is 1.07. The first kappa shape index (κ1) is 13.8. The van der Waals surface area contributed by atoms with Crippen LogP contribution >= 0.6 is 39.3 Å². The second-order valence-electron chi connectivity index (χ2n) is 3.74. The largest absolute Gasteiger partial charge is 0.384 e. The van der Waals surface area contributed by atoms with E-state index in [9.17, 15) is 0 Å². The van der Waals surface area contributed by atoms with E-state index >= 15 is 0 Å². The predicted molar refractivity (Wildman–Crippen MR) is 84.8 cm³/mol. The molecular weight excluding hydrogens is 330 g/mol. The van der Waals surface area contributed by atoms with Gasteiger partial charge in [-0.25, -0.2) is 0 Å². The van der Waals surface area contributed by atoms with Crippen molar-refractivity contribution in [2.24, 2.45) is 0 Å². The average molecular weight is 343 g/mol. The fraction of sp³-hybridized carbons (Fsp3) is 0.143. The van der Waals surface area contributed by atoms with E-state index in [0.717, 1.165) is 27.5 Å². The van der Waals surface area contributed by atoms with Crippen LogP contribution in [-0.4, -0.2) is 12.3 Å². The van der Waals surface area contributed by atoms with Crippen molar-refractivity contribution in [1.82, 2.24) is 0 Å². The quantitative estimate of drug-likeness (QED) is 0.584. The maximum Gasteiger partial charge on any atom is 0.0426 e. The molecule has 94 valence electrons. The van der Waals surface area contributed by atoms with Crippen LogP contribution in [0.25, 0.3) is 0 Å². The number of hydrogen-bond acceptors (Lipinski definition) is 2. The summed E-state index contributed by atoms with van der Waals surface area (Å²) in [7, 11) is 0. The van der Waals surface area contributed by atoms with Gasteiger partial charge in [-0.05, 0) is 36.4 Å². The molecule has 0 saturated heterocycles.